The quantitative estimate of drug-likeness (QED) is 0.668. The summed E-state index contributed by atoms with van der Waals surface area (Å²) < 4.78 is 4.98. The predicted octanol–water partition coefficient (Wildman–Crippen LogP) is 5.11. The molecule has 0 radical (unpaired) electrons. The van der Waals surface area contributed by atoms with Gasteiger partial charge in [-0.1, -0.05) is 33.8 Å². The third-order valence-electron chi connectivity index (χ3n) is 4.56. The molecular formula is C23H28N2O2. The lowest BCUT2D eigenvalue weighted by atomic mass is 9.81. The molecule has 4 heteroatoms. The molecule has 0 amide bonds. The van der Waals surface area contributed by atoms with Gasteiger partial charge in [0, 0.05) is 12.4 Å². The normalized spacial score (nSPS) is 10.9. The van der Waals surface area contributed by atoms with E-state index in [0.29, 0.717) is 23.0 Å². The van der Waals surface area contributed by atoms with Crippen LogP contribution in [0.15, 0.2) is 24.5 Å². The van der Waals surface area contributed by atoms with Crippen molar-refractivity contribution in [3.63, 3.8) is 0 Å². The summed E-state index contributed by atoms with van der Waals surface area (Å²) in [5.74, 6) is 0.419. The van der Waals surface area contributed by atoms with Crippen LogP contribution in [0, 0.1) is 30.1 Å². The van der Waals surface area contributed by atoms with Crippen LogP contribution >= 0.6 is 0 Å². The minimum atomic E-state index is -0.414. The van der Waals surface area contributed by atoms with Gasteiger partial charge in [-0.3, -0.25) is 4.98 Å². The maximum atomic E-state index is 12.4. The first-order chi connectivity index (χ1) is 12.8. The van der Waals surface area contributed by atoms with Crippen LogP contribution in [0.2, 0.25) is 0 Å². The van der Waals surface area contributed by atoms with Crippen LogP contribution in [0.5, 0.6) is 0 Å². The van der Waals surface area contributed by atoms with Gasteiger partial charge in [0.05, 0.1) is 24.3 Å². The molecule has 0 atom stereocenters. The van der Waals surface area contributed by atoms with Crippen LogP contribution in [0.25, 0.3) is 11.1 Å². The van der Waals surface area contributed by atoms with Crippen LogP contribution < -0.4 is 0 Å². The minimum absolute atomic E-state index is 0.382. The Morgan fingerprint density at radius 2 is 1.89 bits per heavy atom. The summed E-state index contributed by atoms with van der Waals surface area (Å²) in [6, 6.07) is 6.34. The molecule has 2 aromatic rings. The van der Waals surface area contributed by atoms with Crippen molar-refractivity contribution in [3.05, 3.63) is 52.3 Å². The number of nitrogens with zero attached hydrogens (tertiary/aromatic N) is 2. The topological polar surface area (TPSA) is 63.0 Å². The van der Waals surface area contributed by atoms with Crippen molar-refractivity contribution >= 4 is 5.97 Å². The molecule has 0 saturated carbocycles. The van der Waals surface area contributed by atoms with Crippen LogP contribution in [0.4, 0.5) is 0 Å². The molecule has 27 heavy (non-hydrogen) atoms. The molecule has 0 bridgehead atoms. The first-order valence-electron chi connectivity index (χ1n) is 9.38. The number of carbonyl (C=O) groups is 1. The average Bonchev–Trinajstić information content (AvgIpc) is 2.60. The van der Waals surface area contributed by atoms with E-state index in [1.807, 2.05) is 13.0 Å². The van der Waals surface area contributed by atoms with E-state index in [1.54, 1.807) is 12.4 Å². The first-order valence-corrected chi connectivity index (χ1v) is 9.38. The summed E-state index contributed by atoms with van der Waals surface area (Å²) in [6.45, 7) is 10.6. The van der Waals surface area contributed by atoms with E-state index >= 15 is 0 Å². The number of esters is 1. The van der Waals surface area contributed by atoms with Crippen LogP contribution in [0.3, 0.4) is 0 Å². The van der Waals surface area contributed by atoms with Gasteiger partial charge in [-0.25, -0.2) is 4.79 Å². The number of hydrogen-bond acceptors (Lipinski definition) is 4. The molecule has 0 aliphatic heterocycles. The molecule has 1 aromatic carbocycles. The molecule has 0 saturated heterocycles. The first kappa shape index (κ1) is 20.6. The lowest BCUT2D eigenvalue weighted by Crippen LogP contribution is -2.11. The molecule has 1 heterocycles. The number of aromatic nitrogens is 1. The molecule has 0 N–H and O–H groups in total. The fourth-order valence-electron chi connectivity index (χ4n) is 3.55. The van der Waals surface area contributed by atoms with E-state index in [0.717, 1.165) is 40.7 Å². The molecule has 0 spiro atoms. The highest BCUT2D eigenvalue weighted by Gasteiger charge is 2.23. The van der Waals surface area contributed by atoms with Crippen molar-refractivity contribution < 1.29 is 9.53 Å². The Kier molecular flexibility index (Phi) is 6.74. The van der Waals surface area contributed by atoms with E-state index in [9.17, 15) is 10.1 Å². The van der Waals surface area contributed by atoms with Crippen molar-refractivity contribution in [2.24, 2.45) is 11.8 Å². The van der Waals surface area contributed by atoms with Crippen LogP contribution in [-0.2, 0) is 17.6 Å². The Hall–Kier alpha value is -2.67. The van der Waals surface area contributed by atoms with Gasteiger partial charge in [0.2, 0.25) is 0 Å². The van der Waals surface area contributed by atoms with Crippen molar-refractivity contribution in [1.29, 1.82) is 5.26 Å². The molecule has 4 nitrogen and oxygen atoms in total. The average molecular weight is 364 g/mol. The lowest BCUT2D eigenvalue weighted by Gasteiger charge is -2.22. The number of methoxy groups -OCH3 is 1. The zero-order chi connectivity index (χ0) is 20.1. The van der Waals surface area contributed by atoms with Gasteiger partial charge in [-0.2, -0.15) is 5.26 Å². The number of benzene rings is 1. The molecule has 0 aliphatic carbocycles. The standard InChI is InChI=1S/C23H28N2O2/c1-14(2)9-17-11-16(5)20(12-24)19(10-15(3)4)22(17)18-7-8-25-13-21(18)23(26)27-6/h7-8,11,13-15H,9-10H2,1-6H3. The number of aryl methyl sites for hydroxylation is 1. The number of hydrogen-bond donors (Lipinski definition) is 0. The molecule has 0 aliphatic rings. The Labute approximate surface area is 162 Å². The summed E-state index contributed by atoms with van der Waals surface area (Å²) in [6.07, 6.45) is 4.88. The van der Waals surface area contributed by atoms with E-state index in [1.165, 1.54) is 7.11 Å². The van der Waals surface area contributed by atoms with Crippen LogP contribution in [-0.4, -0.2) is 18.1 Å². The summed E-state index contributed by atoms with van der Waals surface area (Å²) in [4.78, 5) is 16.5. The second kappa shape index (κ2) is 8.81. The third-order valence-corrected chi connectivity index (χ3v) is 4.56. The van der Waals surface area contributed by atoms with E-state index < -0.39 is 5.97 Å². The molecule has 2 rings (SSSR count). The van der Waals surface area contributed by atoms with Gasteiger partial charge in [0.25, 0.3) is 0 Å². The maximum Gasteiger partial charge on any atom is 0.340 e. The molecule has 1 aromatic heterocycles. The van der Waals surface area contributed by atoms with Gasteiger partial charge >= 0.3 is 5.97 Å². The summed E-state index contributed by atoms with van der Waals surface area (Å²) in [5.41, 5.74) is 6.08. The summed E-state index contributed by atoms with van der Waals surface area (Å²) in [5, 5.41) is 9.83. The van der Waals surface area contributed by atoms with Crippen molar-refractivity contribution in [2.75, 3.05) is 7.11 Å². The fraction of sp³-hybridized carbons (Fsp3) is 0.435. The number of rotatable bonds is 6. The minimum Gasteiger partial charge on any atom is -0.465 e. The van der Waals surface area contributed by atoms with Gasteiger partial charge in [-0.05, 0) is 65.5 Å². The zero-order valence-electron chi connectivity index (χ0n) is 17.1. The maximum absolute atomic E-state index is 12.4. The van der Waals surface area contributed by atoms with Crippen LogP contribution in [0.1, 0.15) is 60.3 Å². The Morgan fingerprint density at radius 3 is 2.44 bits per heavy atom. The van der Waals surface area contributed by atoms with Crippen molar-refractivity contribution in [2.45, 2.75) is 47.5 Å². The lowest BCUT2D eigenvalue weighted by molar-refractivity contribution is 0.0601. The highest BCUT2D eigenvalue weighted by Crippen LogP contribution is 2.37. The fourth-order valence-corrected chi connectivity index (χ4v) is 3.55. The summed E-state index contributed by atoms with van der Waals surface area (Å²) >= 11 is 0. The highest BCUT2D eigenvalue weighted by molar-refractivity contribution is 5.98. The zero-order valence-corrected chi connectivity index (χ0v) is 17.1. The molecule has 0 fully saturated rings. The van der Waals surface area contributed by atoms with Gasteiger partial charge in [-0.15, -0.1) is 0 Å². The number of pyridine rings is 1. The van der Waals surface area contributed by atoms with Gasteiger partial charge < -0.3 is 4.74 Å². The SMILES string of the molecule is COC(=O)c1cnccc1-c1c(CC(C)C)cc(C)c(C#N)c1CC(C)C. The summed E-state index contributed by atoms with van der Waals surface area (Å²) in [7, 11) is 1.37. The van der Waals surface area contributed by atoms with E-state index in [2.05, 4.69) is 44.8 Å². The van der Waals surface area contributed by atoms with Gasteiger partial charge in [0.1, 0.15) is 0 Å². The number of carbonyl (C=O) groups excluding carboxylic acids is 1. The number of nitriles is 1. The Balaban J connectivity index is 2.92. The predicted molar refractivity (Wildman–Crippen MR) is 108 cm³/mol. The van der Waals surface area contributed by atoms with Crippen molar-refractivity contribution in [1.82, 2.24) is 4.98 Å². The second-order valence-corrected chi connectivity index (χ2v) is 7.80. The highest BCUT2D eigenvalue weighted by atomic mass is 16.5. The number of ether oxygens (including phenoxy) is 1. The van der Waals surface area contributed by atoms with E-state index in [-0.39, 0.29) is 0 Å². The molecule has 0 unspecified atom stereocenters. The third kappa shape index (κ3) is 4.54. The largest absolute Gasteiger partial charge is 0.465 e. The Bertz CT molecular complexity index is 877. The molecular weight excluding hydrogens is 336 g/mol. The smallest absolute Gasteiger partial charge is 0.340 e. The van der Waals surface area contributed by atoms with E-state index in [4.69, 9.17) is 4.74 Å². The Morgan fingerprint density at radius 1 is 1.22 bits per heavy atom. The second-order valence-electron chi connectivity index (χ2n) is 7.80. The van der Waals surface area contributed by atoms with Gasteiger partial charge in [0.15, 0.2) is 0 Å². The molecule has 142 valence electrons. The monoisotopic (exact) mass is 364 g/mol. The van der Waals surface area contributed by atoms with Crippen molar-refractivity contribution in [3.8, 4) is 17.2 Å².